The largest absolute Gasteiger partial charge is 0.361 e. The first-order valence-corrected chi connectivity index (χ1v) is 8.77. The highest BCUT2D eigenvalue weighted by molar-refractivity contribution is 6.31. The Labute approximate surface area is 143 Å². The van der Waals surface area contributed by atoms with Gasteiger partial charge in [-0.2, -0.15) is 0 Å². The molecule has 1 amide bonds. The van der Waals surface area contributed by atoms with Gasteiger partial charge in [0.05, 0.1) is 0 Å². The molecular weight excluding hydrogens is 308 g/mol. The molecule has 1 aromatic carbocycles. The summed E-state index contributed by atoms with van der Waals surface area (Å²) in [5, 5.41) is 4.88. The molecule has 0 radical (unpaired) electrons. The van der Waals surface area contributed by atoms with Crippen LogP contribution in [0.1, 0.15) is 52.0 Å². The van der Waals surface area contributed by atoms with Crippen molar-refractivity contribution in [2.24, 2.45) is 11.8 Å². The van der Waals surface area contributed by atoms with Gasteiger partial charge in [0.15, 0.2) is 0 Å². The minimum absolute atomic E-state index is 0.126. The number of hydrogen-bond donors (Lipinski definition) is 2. The second-order valence-electron chi connectivity index (χ2n) is 7.16. The monoisotopic (exact) mass is 334 g/mol. The Hall–Kier alpha value is -1.48. The van der Waals surface area contributed by atoms with Gasteiger partial charge in [0.1, 0.15) is 0 Å². The zero-order valence-electron chi connectivity index (χ0n) is 14.4. The standard InChI is InChI=1S/C19H27ClN2O/c1-12(2)7-14(8-19(23)22-10-13(3)4)17-11-21-18-6-5-15(20)9-16(17)18/h5-6,9,11-14,21H,7-8,10H2,1-4H3,(H,22,23)/t14-/m1/s1. The van der Waals surface area contributed by atoms with E-state index in [4.69, 9.17) is 11.6 Å². The minimum Gasteiger partial charge on any atom is -0.361 e. The van der Waals surface area contributed by atoms with E-state index in [1.807, 2.05) is 24.4 Å². The summed E-state index contributed by atoms with van der Waals surface area (Å²) in [5.41, 5.74) is 2.26. The Kier molecular flexibility index (Phi) is 6.11. The predicted octanol–water partition coefficient (Wildman–Crippen LogP) is 5.11. The second-order valence-corrected chi connectivity index (χ2v) is 7.60. The van der Waals surface area contributed by atoms with E-state index in [9.17, 15) is 4.79 Å². The van der Waals surface area contributed by atoms with E-state index in [1.165, 1.54) is 5.56 Å². The third kappa shape index (κ3) is 5.00. The summed E-state index contributed by atoms with van der Waals surface area (Å²) in [6, 6.07) is 5.87. The maximum absolute atomic E-state index is 12.3. The number of carbonyl (C=O) groups is 1. The molecule has 0 saturated carbocycles. The third-order valence-electron chi connectivity index (χ3n) is 4.01. The summed E-state index contributed by atoms with van der Waals surface area (Å²) in [4.78, 5) is 15.6. The molecule has 3 nitrogen and oxygen atoms in total. The first kappa shape index (κ1) is 17.9. The van der Waals surface area contributed by atoms with Gasteiger partial charge < -0.3 is 10.3 Å². The molecule has 0 aliphatic heterocycles. The summed E-state index contributed by atoms with van der Waals surface area (Å²) in [6.07, 6.45) is 3.53. The number of halogens is 1. The molecule has 0 unspecified atom stereocenters. The Balaban J connectivity index is 2.23. The van der Waals surface area contributed by atoms with Gasteiger partial charge in [0, 0.05) is 35.1 Å². The van der Waals surface area contributed by atoms with Gasteiger partial charge >= 0.3 is 0 Å². The molecule has 2 N–H and O–H groups in total. The molecule has 0 saturated heterocycles. The van der Waals surface area contributed by atoms with Crippen molar-refractivity contribution in [2.75, 3.05) is 6.54 Å². The number of hydrogen-bond acceptors (Lipinski definition) is 1. The van der Waals surface area contributed by atoms with Gasteiger partial charge in [0.25, 0.3) is 0 Å². The predicted molar refractivity (Wildman–Crippen MR) is 98.0 cm³/mol. The number of benzene rings is 1. The number of H-pyrrole nitrogens is 1. The van der Waals surface area contributed by atoms with Crippen LogP contribution < -0.4 is 5.32 Å². The Morgan fingerprint density at radius 1 is 1.22 bits per heavy atom. The summed E-state index contributed by atoms with van der Waals surface area (Å²) < 4.78 is 0. The zero-order valence-corrected chi connectivity index (χ0v) is 15.2. The van der Waals surface area contributed by atoms with Crippen molar-refractivity contribution in [3.05, 3.63) is 35.0 Å². The molecule has 0 aliphatic carbocycles. The van der Waals surface area contributed by atoms with Crippen LogP contribution in [0.25, 0.3) is 10.9 Å². The Morgan fingerprint density at radius 3 is 2.61 bits per heavy atom. The number of carbonyl (C=O) groups excluding carboxylic acids is 1. The Morgan fingerprint density at radius 2 is 1.96 bits per heavy atom. The number of fused-ring (bicyclic) bond motifs is 1. The minimum atomic E-state index is 0.126. The van der Waals surface area contributed by atoms with E-state index in [0.29, 0.717) is 18.3 Å². The Bertz CT molecular complexity index is 660. The number of aromatic amines is 1. The number of aromatic nitrogens is 1. The topological polar surface area (TPSA) is 44.9 Å². The highest BCUT2D eigenvalue weighted by Gasteiger charge is 2.21. The van der Waals surface area contributed by atoms with E-state index in [0.717, 1.165) is 28.9 Å². The smallest absolute Gasteiger partial charge is 0.220 e. The van der Waals surface area contributed by atoms with E-state index in [-0.39, 0.29) is 11.8 Å². The van der Waals surface area contributed by atoms with Crippen LogP contribution in [-0.4, -0.2) is 17.4 Å². The molecule has 0 spiro atoms. The molecule has 1 aromatic heterocycles. The normalized spacial score (nSPS) is 13.0. The molecule has 2 aromatic rings. The summed E-state index contributed by atoms with van der Waals surface area (Å²) in [6.45, 7) is 9.33. The van der Waals surface area contributed by atoms with Gasteiger partial charge in [-0.15, -0.1) is 0 Å². The van der Waals surface area contributed by atoms with Crippen LogP contribution in [0.4, 0.5) is 0 Å². The number of rotatable bonds is 7. The van der Waals surface area contributed by atoms with E-state index in [1.54, 1.807) is 0 Å². The summed E-state index contributed by atoms with van der Waals surface area (Å²) in [7, 11) is 0. The summed E-state index contributed by atoms with van der Waals surface area (Å²) >= 11 is 6.16. The van der Waals surface area contributed by atoms with Crippen LogP contribution in [0, 0.1) is 11.8 Å². The van der Waals surface area contributed by atoms with Gasteiger partial charge in [-0.25, -0.2) is 0 Å². The average molecular weight is 335 g/mol. The average Bonchev–Trinajstić information content (AvgIpc) is 2.86. The highest BCUT2D eigenvalue weighted by atomic mass is 35.5. The molecule has 0 aliphatic rings. The molecule has 2 rings (SSSR count). The van der Waals surface area contributed by atoms with Crippen molar-refractivity contribution in [3.63, 3.8) is 0 Å². The summed E-state index contributed by atoms with van der Waals surface area (Å²) in [5.74, 6) is 1.33. The molecule has 1 atom stereocenters. The first-order chi connectivity index (χ1) is 10.9. The molecule has 4 heteroatoms. The maximum Gasteiger partial charge on any atom is 0.220 e. The van der Waals surface area contributed by atoms with Gasteiger partial charge in [-0.3, -0.25) is 4.79 Å². The molecule has 0 fully saturated rings. The van der Waals surface area contributed by atoms with Crippen molar-refractivity contribution < 1.29 is 4.79 Å². The molecular formula is C19H27ClN2O. The fourth-order valence-electron chi connectivity index (χ4n) is 2.96. The lowest BCUT2D eigenvalue weighted by Gasteiger charge is -2.19. The zero-order chi connectivity index (χ0) is 17.0. The lowest BCUT2D eigenvalue weighted by Crippen LogP contribution is -2.28. The van der Waals surface area contributed by atoms with Gasteiger partial charge in [0.2, 0.25) is 5.91 Å². The van der Waals surface area contributed by atoms with Crippen LogP contribution in [-0.2, 0) is 4.79 Å². The number of amides is 1. The van der Waals surface area contributed by atoms with Crippen LogP contribution in [0.15, 0.2) is 24.4 Å². The van der Waals surface area contributed by atoms with Crippen LogP contribution in [0.3, 0.4) is 0 Å². The van der Waals surface area contributed by atoms with Gasteiger partial charge in [-0.05, 0) is 47.9 Å². The lowest BCUT2D eigenvalue weighted by atomic mass is 9.87. The van der Waals surface area contributed by atoms with Crippen molar-refractivity contribution in [1.82, 2.24) is 10.3 Å². The first-order valence-electron chi connectivity index (χ1n) is 8.40. The van der Waals surface area contributed by atoms with Crippen molar-refractivity contribution in [3.8, 4) is 0 Å². The van der Waals surface area contributed by atoms with Crippen LogP contribution in [0.2, 0.25) is 5.02 Å². The fraction of sp³-hybridized carbons (Fsp3) is 0.526. The molecule has 1 heterocycles. The maximum atomic E-state index is 12.3. The molecule has 126 valence electrons. The van der Waals surface area contributed by atoms with E-state index in [2.05, 4.69) is 38.0 Å². The van der Waals surface area contributed by atoms with E-state index < -0.39 is 0 Å². The highest BCUT2D eigenvalue weighted by Crippen LogP contribution is 2.33. The molecule has 23 heavy (non-hydrogen) atoms. The van der Waals surface area contributed by atoms with Crippen molar-refractivity contribution in [2.45, 2.75) is 46.5 Å². The number of nitrogens with one attached hydrogen (secondary N) is 2. The van der Waals surface area contributed by atoms with Crippen molar-refractivity contribution >= 4 is 28.4 Å². The quantitative estimate of drug-likeness (QED) is 0.725. The van der Waals surface area contributed by atoms with Crippen LogP contribution in [0.5, 0.6) is 0 Å². The second kappa shape index (κ2) is 7.87. The fourth-order valence-corrected chi connectivity index (χ4v) is 3.13. The third-order valence-corrected chi connectivity index (χ3v) is 4.25. The van der Waals surface area contributed by atoms with Gasteiger partial charge in [-0.1, -0.05) is 39.3 Å². The SMILES string of the molecule is CC(C)CNC(=O)C[C@@H](CC(C)C)c1c[nH]c2ccc(Cl)cc12. The molecule has 0 bridgehead atoms. The lowest BCUT2D eigenvalue weighted by molar-refractivity contribution is -0.121. The van der Waals surface area contributed by atoms with E-state index >= 15 is 0 Å². The van der Waals surface area contributed by atoms with Crippen molar-refractivity contribution in [1.29, 1.82) is 0 Å². The van der Waals surface area contributed by atoms with Crippen LogP contribution >= 0.6 is 11.6 Å².